The van der Waals surface area contributed by atoms with Crippen molar-refractivity contribution in [3.05, 3.63) is 65.0 Å². The number of nitrogens with zero attached hydrogens (tertiary/aromatic N) is 2. The average molecular weight is 413 g/mol. The first kappa shape index (κ1) is 22.1. The molecule has 30 heavy (non-hydrogen) atoms. The van der Waals surface area contributed by atoms with Gasteiger partial charge in [0.1, 0.15) is 0 Å². The Hall–Kier alpha value is -2.60. The van der Waals surface area contributed by atoms with Gasteiger partial charge in [-0.3, -0.25) is 9.89 Å². The maximum atomic E-state index is 14.0. The molecule has 2 N–H and O–H groups in total. The number of hydrogen-bond donors (Lipinski definition) is 2. The first-order chi connectivity index (χ1) is 14.6. The molecule has 0 spiro atoms. The summed E-state index contributed by atoms with van der Waals surface area (Å²) in [4.78, 5) is 6.83. The second kappa shape index (κ2) is 11.0. The number of guanidine groups is 1. The molecule has 0 bridgehead atoms. The third-order valence-electron chi connectivity index (χ3n) is 5.40. The number of aliphatic imine (C=N–C) groups is 1. The third-order valence-corrected chi connectivity index (χ3v) is 5.40. The van der Waals surface area contributed by atoms with E-state index in [0.29, 0.717) is 24.9 Å². The van der Waals surface area contributed by atoms with Gasteiger partial charge in [-0.05, 0) is 49.9 Å². The molecule has 1 aliphatic rings. The van der Waals surface area contributed by atoms with E-state index in [0.717, 1.165) is 44.0 Å². The highest BCUT2D eigenvalue weighted by molar-refractivity contribution is 5.79. The summed E-state index contributed by atoms with van der Waals surface area (Å²) in [6, 6.07) is 14.2. The minimum Gasteiger partial charge on any atom is -0.491 e. The Labute approximate surface area is 179 Å². The quantitative estimate of drug-likeness (QED) is 0.536. The Morgan fingerprint density at radius 1 is 1.17 bits per heavy atom. The van der Waals surface area contributed by atoms with Crippen molar-refractivity contribution >= 4 is 5.96 Å². The van der Waals surface area contributed by atoms with Crippen molar-refractivity contribution < 1.29 is 9.13 Å². The van der Waals surface area contributed by atoms with Crippen LogP contribution in [0.1, 0.15) is 36.5 Å². The normalized spacial score (nSPS) is 15.8. The maximum absolute atomic E-state index is 14.0. The zero-order valence-corrected chi connectivity index (χ0v) is 18.2. The SMILES string of the molecule is CCOc1ccc(CNC(=NC)NC2CCN(Cc3cccc(C)c3)CC2)cc1F. The van der Waals surface area contributed by atoms with Crippen molar-refractivity contribution in [2.45, 2.75) is 45.8 Å². The van der Waals surface area contributed by atoms with Crippen LogP contribution in [0.3, 0.4) is 0 Å². The van der Waals surface area contributed by atoms with Crippen molar-refractivity contribution in [3.8, 4) is 5.75 Å². The summed E-state index contributed by atoms with van der Waals surface area (Å²) in [5.74, 6) is 0.711. The van der Waals surface area contributed by atoms with Crippen LogP contribution in [-0.2, 0) is 13.1 Å². The number of ether oxygens (including phenoxy) is 1. The van der Waals surface area contributed by atoms with Crippen LogP contribution in [0.4, 0.5) is 4.39 Å². The highest BCUT2D eigenvalue weighted by Crippen LogP contribution is 2.18. The number of piperidine rings is 1. The zero-order valence-electron chi connectivity index (χ0n) is 18.2. The summed E-state index contributed by atoms with van der Waals surface area (Å²) >= 11 is 0. The molecule has 162 valence electrons. The monoisotopic (exact) mass is 412 g/mol. The predicted molar refractivity (Wildman–Crippen MR) is 120 cm³/mol. The van der Waals surface area contributed by atoms with E-state index < -0.39 is 0 Å². The molecule has 1 aliphatic heterocycles. The molecule has 1 saturated heterocycles. The van der Waals surface area contributed by atoms with E-state index in [4.69, 9.17) is 4.74 Å². The fourth-order valence-corrected chi connectivity index (χ4v) is 3.80. The third kappa shape index (κ3) is 6.46. The molecular formula is C24H33FN4O. The van der Waals surface area contributed by atoms with Gasteiger partial charge in [-0.2, -0.15) is 0 Å². The van der Waals surface area contributed by atoms with Gasteiger partial charge in [0.15, 0.2) is 17.5 Å². The summed E-state index contributed by atoms with van der Waals surface area (Å²) in [5, 5.41) is 6.80. The molecule has 6 heteroatoms. The highest BCUT2D eigenvalue weighted by atomic mass is 19.1. The van der Waals surface area contributed by atoms with Gasteiger partial charge in [-0.25, -0.2) is 4.39 Å². The summed E-state index contributed by atoms with van der Waals surface area (Å²) < 4.78 is 19.3. The van der Waals surface area contributed by atoms with E-state index >= 15 is 0 Å². The van der Waals surface area contributed by atoms with Crippen LogP contribution in [0.2, 0.25) is 0 Å². The van der Waals surface area contributed by atoms with E-state index in [2.05, 4.69) is 51.7 Å². The lowest BCUT2D eigenvalue weighted by atomic mass is 10.0. The molecule has 2 aromatic rings. The molecule has 0 amide bonds. The molecule has 0 saturated carbocycles. The van der Waals surface area contributed by atoms with Gasteiger partial charge < -0.3 is 15.4 Å². The standard InChI is InChI=1S/C24H33FN4O/c1-4-30-23-9-8-19(15-22(23)25)16-27-24(26-3)28-21-10-12-29(13-11-21)17-20-7-5-6-18(2)14-20/h5-9,14-15,21H,4,10-13,16-17H2,1-3H3,(H2,26,27,28). The summed E-state index contributed by atoms with van der Waals surface area (Å²) in [6.07, 6.45) is 2.15. The van der Waals surface area contributed by atoms with Crippen LogP contribution in [-0.4, -0.2) is 43.6 Å². The van der Waals surface area contributed by atoms with Gasteiger partial charge >= 0.3 is 0 Å². The number of nitrogens with one attached hydrogen (secondary N) is 2. The molecular weight excluding hydrogens is 379 g/mol. The first-order valence-corrected chi connectivity index (χ1v) is 10.7. The van der Waals surface area contributed by atoms with Gasteiger partial charge in [0.25, 0.3) is 0 Å². The smallest absolute Gasteiger partial charge is 0.191 e. The molecule has 5 nitrogen and oxygen atoms in total. The molecule has 0 atom stereocenters. The number of likely N-dealkylation sites (tertiary alicyclic amines) is 1. The van der Waals surface area contributed by atoms with Crippen LogP contribution >= 0.6 is 0 Å². The topological polar surface area (TPSA) is 48.9 Å². The van der Waals surface area contributed by atoms with Crippen molar-refractivity contribution in [1.29, 1.82) is 0 Å². The molecule has 0 radical (unpaired) electrons. The Morgan fingerprint density at radius 2 is 1.97 bits per heavy atom. The summed E-state index contributed by atoms with van der Waals surface area (Å²) in [5.41, 5.74) is 3.54. The maximum Gasteiger partial charge on any atom is 0.191 e. The second-order valence-electron chi connectivity index (χ2n) is 7.81. The van der Waals surface area contributed by atoms with Crippen LogP contribution in [0.25, 0.3) is 0 Å². The van der Waals surface area contributed by atoms with Crippen molar-refractivity contribution in [1.82, 2.24) is 15.5 Å². The summed E-state index contributed by atoms with van der Waals surface area (Å²) in [6.45, 7) is 8.08. The number of benzene rings is 2. The molecule has 2 aromatic carbocycles. The fraction of sp³-hybridized carbons (Fsp3) is 0.458. The van der Waals surface area contributed by atoms with Crippen molar-refractivity contribution in [2.24, 2.45) is 4.99 Å². The first-order valence-electron chi connectivity index (χ1n) is 10.7. The van der Waals surface area contributed by atoms with Gasteiger partial charge in [0.2, 0.25) is 0 Å². The van der Waals surface area contributed by atoms with Crippen LogP contribution in [0.15, 0.2) is 47.5 Å². The molecule has 0 aromatic heterocycles. The molecule has 0 aliphatic carbocycles. The van der Waals surface area contributed by atoms with Gasteiger partial charge in [0, 0.05) is 39.3 Å². The highest BCUT2D eigenvalue weighted by Gasteiger charge is 2.20. The van der Waals surface area contributed by atoms with Crippen LogP contribution < -0.4 is 15.4 Å². The Balaban J connectivity index is 1.44. The summed E-state index contributed by atoms with van der Waals surface area (Å²) in [7, 11) is 1.76. The lowest BCUT2D eigenvalue weighted by molar-refractivity contribution is 0.198. The van der Waals surface area contributed by atoms with E-state index in [9.17, 15) is 4.39 Å². The van der Waals surface area contributed by atoms with Gasteiger partial charge in [-0.1, -0.05) is 35.9 Å². The molecule has 3 rings (SSSR count). The number of aryl methyl sites for hydroxylation is 1. The zero-order chi connectivity index (χ0) is 21.3. The lowest BCUT2D eigenvalue weighted by Gasteiger charge is -2.33. The molecule has 1 heterocycles. The van der Waals surface area contributed by atoms with E-state index in [1.807, 2.05) is 13.0 Å². The molecule has 0 unspecified atom stereocenters. The van der Waals surface area contributed by atoms with Crippen LogP contribution in [0, 0.1) is 12.7 Å². The predicted octanol–water partition coefficient (Wildman–Crippen LogP) is 3.86. The van der Waals surface area contributed by atoms with Gasteiger partial charge in [0.05, 0.1) is 6.61 Å². The largest absolute Gasteiger partial charge is 0.491 e. The van der Waals surface area contributed by atoms with E-state index in [1.165, 1.54) is 17.2 Å². The Bertz CT molecular complexity index is 847. The van der Waals surface area contributed by atoms with E-state index in [1.54, 1.807) is 13.1 Å². The van der Waals surface area contributed by atoms with Crippen LogP contribution in [0.5, 0.6) is 5.75 Å². The van der Waals surface area contributed by atoms with Crippen molar-refractivity contribution in [3.63, 3.8) is 0 Å². The average Bonchev–Trinajstić information content (AvgIpc) is 2.74. The van der Waals surface area contributed by atoms with Crippen molar-refractivity contribution in [2.75, 3.05) is 26.7 Å². The Morgan fingerprint density at radius 3 is 2.63 bits per heavy atom. The Kier molecular flexibility index (Phi) is 8.08. The lowest BCUT2D eigenvalue weighted by Crippen LogP contribution is -2.48. The van der Waals surface area contributed by atoms with E-state index in [-0.39, 0.29) is 5.82 Å². The second-order valence-corrected chi connectivity index (χ2v) is 7.81. The van der Waals surface area contributed by atoms with Gasteiger partial charge in [-0.15, -0.1) is 0 Å². The number of hydrogen-bond acceptors (Lipinski definition) is 3. The molecule has 1 fully saturated rings. The minimum atomic E-state index is -0.333. The number of halogens is 1. The fourth-order valence-electron chi connectivity index (χ4n) is 3.80. The minimum absolute atomic E-state index is 0.293. The number of rotatable bonds is 7.